The summed E-state index contributed by atoms with van der Waals surface area (Å²) in [4.78, 5) is 5.57. The van der Waals surface area contributed by atoms with Gasteiger partial charge in [-0.1, -0.05) is 26.0 Å². The van der Waals surface area contributed by atoms with Gasteiger partial charge < -0.3 is 5.73 Å². The molecule has 2 N–H and O–H groups in total. The van der Waals surface area contributed by atoms with Gasteiger partial charge in [0.05, 0.1) is 11.2 Å². The molecule has 1 aromatic heterocycles. The van der Waals surface area contributed by atoms with Gasteiger partial charge in [0.15, 0.2) is 0 Å². The van der Waals surface area contributed by atoms with E-state index >= 15 is 0 Å². The Labute approximate surface area is 107 Å². The van der Waals surface area contributed by atoms with Crippen molar-refractivity contribution in [3.05, 3.63) is 45.4 Å². The van der Waals surface area contributed by atoms with Gasteiger partial charge in [0.2, 0.25) is 0 Å². The Balaban J connectivity index is 2.26. The van der Waals surface area contributed by atoms with E-state index in [1.54, 1.807) is 11.3 Å². The Kier molecular flexibility index (Phi) is 3.48. The molecule has 2 rings (SSSR count). The highest BCUT2D eigenvalue weighted by atomic mass is 32.1. The van der Waals surface area contributed by atoms with Crippen molar-refractivity contribution in [3.63, 3.8) is 0 Å². The molecule has 1 aromatic carbocycles. The number of hydrogen-bond acceptors (Lipinski definition) is 3. The number of hydrogen-bond donors (Lipinski definition) is 1. The van der Waals surface area contributed by atoms with Crippen molar-refractivity contribution >= 4 is 17.0 Å². The predicted molar refractivity (Wildman–Crippen MR) is 74.6 cm³/mol. The third-order valence-corrected chi connectivity index (χ3v) is 3.97. The summed E-state index contributed by atoms with van der Waals surface area (Å²) in [5.41, 5.74) is 12.5. The SMILES string of the molecule is Cc1ncsc1Cc1ccc(C(C)C)cc1N. The maximum atomic E-state index is 6.11. The van der Waals surface area contributed by atoms with E-state index in [1.165, 1.54) is 16.0 Å². The number of thiazole rings is 1. The molecule has 1 heterocycles. The second kappa shape index (κ2) is 4.88. The number of aromatic nitrogens is 1. The fourth-order valence-corrected chi connectivity index (χ4v) is 2.60. The second-order valence-electron chi connectivity index (χ2n) is 4.65. The molecule has 3 heteroatoms. The number of nitrogen functional groups attached to an aromatic ring is 1. The fourth-order valence-electron chi connectivity index (χ4n) is 1.80. The molecule has 0 bridgehead atoms. The lowest BCUT2D eigenvalue weighted by molar-refractivity contribution is 0.866. The van der Waals surface area contributed by atoms with Crippen LogP contribution in [0.2, 0.25) is 0 Å². The van der Waals surface area contributed by atoms with Gasteiger partial charge in [-0.15, -0.1) is 11.3 Å². The Hall–Kier alpha value is -1.35. The van der Waals surface area contributed by atoms with Crippen molar-refractivity contribution in [2.45, 2.75) is 33.1 Å². The van der Waals surface area contributed by atoms with Crippen molar-refractivity contribution in [1.82, 2.24) is 4.98 Å². The molecule has 0 spiro atoms. The average molecular weight is 246 g/mol. The van der Waals surface area contributed by atoms with Crippen LogP contribution in [0.25, 0.3) is 0 Å². The molecule has 2 aromatic rings. The molecule has 0 aliphatic heterocycles. The van der Waals surface area contributed by atoms with E-state index in [1.807, 2.05) is 12.4 Å². The highest BCUT2D eigenvalue weighted by Crippen LogP contribution is 2.24. The van der Waals surface area contributed by atoms with Crippen LogP contribution in [0, 0.1) is 6.92 Å². The fraction of sp³-hybridized carbons (Fsp3) is 0.357. The van der Waals surface area contributed by atoms with E-state index in [0.717, 1.165) is 17.8 Å². The molecule has 0 saturated heterocycles. The van der Waals surface area contributed by atoms with Gasteiger partial charge in [-0.2, -0.15) is 0 Å². The normalized spacial score (nSPS) is 11.1. The molecule has 0 atom stereocenters. The Morgan fingerprint density at radius 1 is 1.35 bits per heavy atom. The van der Waals surface area contributed by atoms with Crippen LogP contribution in [0.5, 0.6) is 0 Å². The molecule has 0 saturated carbocycles. The van der Waals surface area contributed by atoms with E-state index in [2.05, 4.69) is 37.0 Å². The maximum Gasteiger partial charge on any atom is 0.0797 e. The molecular formula is C14H18N2S. The Morgan fingerprint density at radius 3 is 2.65 bits per heavy atom. The van der Waals surface area contributed by atoms with Crippen molar-refractivity contribution in [2.75, 3.05) is 5.73 Å². The highest BCUT2D eigenvalue weighted by Gasteiger charge is 2.07. The van der Waals surface area contributed by atoms with E-state index in [4.69, 9.17) is 5.73 Å². The number of nitrogens with zero attached hydrogens (tertiary/aromatic N) is 1. The van der Waals surface area contributed by atoms with Gasteiger partial charge in [0, 0.05) is 17.0 Å². The zero-order valence-electron chi connectivity index (χ0n) is 10.5. The number of aryl methyl sites for hydroxylation is 1. The zero-order valence-corrected chi connectivity index (χ0v) is 11.3. The molecular weight excluding hydrogens is 228 g/mol. The number of anilines is 1. The summed E-state index contributed by atoms with van der Waals surface area (Å²) in [6.07, 6.45) is 0.890. The number of nitrogens with two attached hydrogens (primary N) is 1. The maximum absolute atomic E-state index is 6.11. The van der Waals surface area contributed by atoms with Gasteiger partial charge in [0.1, 0.15) is 0 Å². The third-order valence-electron chi connectivity index (χ3n) is 3.03. The molecule has 17 heavy (non-hydrogen) atoms. The molecule has 90 valence electrons. The molecule has 0 aliphatic rings. The van der Waals surface area contributed by atoms with Crippen LogP contribution in [-0.4, -0.2) is 4.98 Å². The molecule has 0 unspecified atom stereocenters. The van der Waals surface area contributed by atoms with Gasteiger partial charge in [-0.25, -0.2) is 4.98 Å². The molecule has 0 radical (unpaired) electrons. The minimum absolute atomic E-state index is 0.525. The Bertz CT molecular complexity index is 515. The topological polar surface area (TPSA) is 38.9 Å². The summed E-state index contributed by atoms with van der Waals surface area (Å²) >= 11 is 1.70. The van der Waals surface area contributed by atoms with Gasteiger partial charge in [-0.3, -0.25) is 0 Å². The molecule has 0 amide bonds. The van der Waals surface area contributed by atoms with Crippen LogP contribution in [0.3, 0.4) is 0 Å². The van der Waals surface area contributed by atoms with Crippen LogP contribution in [0.4, 0.5) is 5.69 Å². The highest BCUT2D eigenvalue weighted by molar-refractivity contribution is 7.09. The summed E-state index contributed by atoms with van der Waals surface area (Å²) < 4.78 is 0. The molecule has 2 nitrogen and oxygen atoms in total. The average Bonchev–Trinajstić information content (AvgIpc) is 2.67. The van der Waals surface area contributed by atoms with Gasteiger partial charge >= 0.3 is 0 Å². The summed E-state index contributed by atoms with van der Waals surface area (Å²) in [5, 5.41) is 0. The van der Waals surface area contributed by atoms with Crippen LogP contribution >= 0.6 is 11.3 Å². The minimum Gasteiger partial charge on any atom is -0.398 e. The number of rotatable bonds is 3. The lowest BCUT2D eigenvalue weighted by Gasteiger charge is -2.10. The summed E-state index contributed by atoms with van der Waals surface area (Å²) in [6, 6.07) is 6.41. The van der Waals surface area contributed by atoms with Gasteiger partial charge in [0.25, 0.3) is 0 Å². The second-order valence-corrected chi connectivity index (χ2v) is 5.59. The first-order chi connectivity index (χ1) is 8.08. The monoisotopic (exact) mass is 246 g/mol. The van der Waals surface area contributed by atoms with Crippen molar-refractivity contribution in [1.29, 1.82) is 0 Å². The Morgan fingerprint density at radius 2 is 2.12 bits per heavy atom. The van der Waals surface area contributed by atoms with Crippen molar-refractivity contribution in [3.8, 4) is 0 Å². The molecule has 0 aliphatic carbocycles. The largest absolute Gasteiger partial charge is 0.398 e. The number of benzene rings is 1. The van der Waals surface area contributed by atoms with E-state index in [-0.39, 0.29) is 0 Å². The standard InChI is InChI=1S/C14H18N2S/c1-9(2)11-4-5-12(13(15)6-11)7-14-10(3)16-8-17-14/h4-6,8-9H,7,15H2,1-3H3. The third kappa shape index (κ3) is 2.67. The first-order valence-corrected chi connectivity index (χ1v) is 6.73. The van der Waals surface area contributed by atoms with Crippen LogP contribution in [-0.2, 0) is 6.42 Å². The van der Waals surface area contributed by atoms with Crippen LogP contribution in [0.1, 0.15) is 41.5 Å². The van der Waals surface area contributed by atoms with E-state index < -0.39 is 0 Å². The molecule has 0 fully saturated rings. The smallest absolute Gasteiger partial charge is 0.0797 e. The zero-order chi connectivity index (χ0) is 12.4. The van der Waals surface area contributed by atoms with Crippen LogP contribution < -0.4 is 5.73 Å². The summed E-state index contributed by atoms with van der Waals surface area (Å²) in [7, 11) is 0. The van der Waals surface area contributed by atoms with Crippen LogP contribution in [0.15, 0.2) is 23.7 Å². The lowest BCUT2D eigenvalue weighted by Crippen LogP contribution is -1.98. The van der Waals surface area contributed by atoms with E-state index in [9.17, 15) is 0 Å². The predicted octanol–water partition coefficient (Wildman–Crippen LogP) is 3.75. The van der Waals surface area contributed by atoms with Crippen molar-refractivity contribution in [2.24, 2.45) is 0 Å². The first-order valence-electron chi connectivity index (χ1n) is 5.85. The first kappa shape index (κ1) is 12.1. The quantitative estimate of drug-likeness (QED) is 0.838. The summed E-state index contributed by atoms with van der Waals surface area (Å²) in [6.45, 7) is 6.41. The minimum atomic E-state index is 0.525. The summed E-state index contributed by atoms with van der Waals surface area (Å²) in [5.74, 6) is 0.525. The van der Waals surface area contributed by atoms with E-state index in [0.29, 0.717) is 5.92 Å². The van der Waals surface area contributed by atoms with Gasteiger partial charge in [-0.05, 0) is 30.0 Å². The lowest BCUT2D eigenvalue weighted by atomic mass is 9.99. The van der Waals surface area contributed by atoms with Crippen molar-refractivity contribution < 1.29 is 0 Å².